The van der Waals surface area contributed by atoms with E-state index < -0.39 is 18.4 Å². The summed E-state index contributed by atoms with van der Waals surface area (Å²) in [5, 5.41) is 0. The molecule has 0 atom stereocenters. The minimum atomic E-state index is -2.09. The first-order valence-electron chi connectivity index (χ1n) is 6.19. The second-order valence-electron chi connectivity index (χ2n) is 5.40. The molecule has 0 saturated heterocycles. The van der Waals surface area contributed by atoms with Crippen molar-refractivity contribution in [2.24, 2.45) is 0 Å². The molecule has 0 aliphatic rings. The van der Waals surface area contributed by atoms with Crippen molar-refractivity contribution in [3.63, 3.8) is 0 Å². The molecule has 3 heteroatoms. The Morgan fingerprint density at radius 1 is 1.06 bits per heavy atom. The van der Waals surface area contributed by atoms with Crippen molar-refractivity contribution in [3.8, 4) is 5.75 Å². The summed E-state index contributed by atoms with van der Waals surface area (Å²) in [6, 6.07) is 14.3. The van der Waals surface area contributed by atoms with Crippen molar-refractivity contribution in [2.75, 3.05) is 0 Å². The van der Waals surface area contributed by atoms with E-state index in [1.54, 1.807) is 0 Å². The van der Waals surface area contributed by atoms with Crippen molar-refractivity contribution in [1.29, 1.82) is 0 Å². The van der Waals surface area contributed by atoms with E-state index in [1.807, 2.05) is 30.5 Å². The van der Waals surface area contributed by atoms with Gasteiger partial charge in [-0.25, -0.2) is 0 Å². The predicted molar refractivity (Wildman–Crippen MR) is 78.0 cm³/mol. The van der Waals surface area contributed by atoms with Crippen LogP contribution in [0.15, 0.2) is 48.7 Å². The third-order valence-electron chi connectivity index (χ3n) is 2.75. The summed E-state index contributed by atoms with van der Waals surface area (Å²) in [6.07, 6.45) is 1.86. The standard InChI is InChI=1S/C12H10NO.3CH3.Sn/c1-2-4-11(5-3-1)10-14-12-6-8-13-9-7-12;;;;/h1-8H,10H2;3*1H3;. The average molecular weight is 348 g/mol. The number of pyridine rings is 1. The molecule has 94 valence electrons. The second kappa shape index (κ2) is 5.74. The van der Waals surface area contributed by atoms with E-state index in [0.29, 0.717) is 6.61 Å². The first-order chi connectivity index (χ1) is 8.55. The number of ether oxygens (including phenoxy) is 1. The van der Waals surface area contributed by atoms with E-state index in [0.717, 1.165) is 5.75 Å². The van der Waals surface area contributed by atoms with Crippen LogP contribution < -0.4 is 8.45 Å². The second-order valence-corrected chi connectivity index (χ2v) is 19.7. The number of hydrogen-bond acceptors (Lipinski definition) is 2. The molecule has 1 heterocycles. The number of benzene rings is 1. The maximum atomic E-state index is 5.82. The summed E-state index contributed by atoms with van der Waals surface area (Å²) >= 11 is -2.09. The first-order valence-corrected chi connectivity index (χ1v) is 16.2. The third-order valence-corrected chi connectivity index (χ3v) is 7.91. The van der Waals surface area contributed by atoms with Crippen LogP contribution in [0.2, 0.25) is 14.8 Å². The molecule has 0 amide bonds. The normalized spacial score (nSPS) is 11.3. The Kier molecular flexibility index (Phi) is 4.27. The Hall–Kier alpha value is -1.03. The summed E-state index contributed by atoms with van der Waals surface area (Å²) in [4.78, 5) is 11.6. The molecule has 1 aromatic heterocycles. The van der Waals surface area contributed by atoms with E-state index in [1.165, 1.54) is 9.27 Å². The quantitative estimate of drug-likeness (QED) is 0.792. The SMILES string of the molecule is [CH3][Sn]([CH3])([CH3])[c]1cc(OCc2ccccc2)ccn1. The molecule has 0 spiro atoms. The van der Waals surface area contributed by atoms with Crippen LogP contribution in [0.25, 0.3) is 0 Å². The zero-order valence-electron chi connectivity index (χ0n) is 11.2. The van der Waals surface area contributed by atoms with Crippen LogP contribution in [-0.4, -0.2) is 23.4 Å². The molecule has 0 aliphatic heterocycles. The summed E-state index contributed by atoms with van der Waals surface area (Å²) < 4.78 is 7.08. The molecule has 1 aromatic carbocycles. The van der Waals surface area contributed by atoms with Gasteiger partial charge in [0.05, 0.1) is 0 Å². The van der Waals surface area contributed by atoms with Crippen LogP contribution in [0.5, 0.6) is 5.75 Å². The Morgan fingerprint density at radius 3 is 2.44 bits per heavy atom. The van der Waals surface area contributed by atoms with Crippen LogP contribution in [-0.2, 0) is 6.61 Å². The first kappa shape index (κ1) is 13.4. The average Bonchev–Trinajstić information content (AvgIpc) is 2.37. The zero-order chi connectivity index (χ0) is 13.0. The molecule has 2 nitrogen and oxygen atoms in total. The number of hydrogen-bond donors (Lipinski definition) is 0. The van der Waals surface area contributed by atoms with Crippen molar-refractivity contribution in [3.05, 3.63) is 54.2 Å². The fourth-order valence-corrected chi connectivity index (χ4v) is 4.61. The molecule has 0 saturated carbocycles. The van der Waals surface area contributed by atoms with Gasteiger partial charge in [-0.1, -0.05) is 0 Å². The zero-order valence-corrected chi connectivity index (χ0v) is 14.0. The Morgan fingerprint density at radius 2 is 1.78 bits per heavy atom. The molecule has 2 aromatic rings. The number of rotatable bonds is 4. The molecule has 0 N–H and O–H groups in total. The van der Waals surface area contributed by atoms with Gasteiger partial charge < -0.3 is 0 Å². The van der Waals surface area contributed by atoms with Gasteiger partial charge in [0.25, 0.3) is 0 Å². The van der Waals surface area contributed by atoms with Crippen LogP contribution in [0, 0.1) is 0 Å². The van der Waals surface area contributed by atoms with E-state index in [9.17, 15) is 0 Å². The van der Waals surface area contributed by atoms with Gasteiger partial charge in [0.1, 0.15) is 0 Å². The van der Waals surface area contributed by atoms with Crippen LogP contribution >= 0.6 is 0 Å². The minimum absolute atomic E-state index is 0.615. The van der Waals surface area contributed by atoms with Crippen molar-refractivity contribution < 1.29 is 4.74 Å². The molecular weight excluding hydrogens is 329 g/mol. The molecule has 2 rings (SSSR count). The van der Waals surface area contributed by atoms with E-state index in [-0.39, 0.29) is 0 Å². The van der Waals surface area contributed by atoms with Crippen molar-refractivity contribution in [1.82, 2.24) is 4.98 Å². The fraction of sp³-hybridized carbons (Fsp3) is 0.267. The number of nitrogens with zero attached hydrogens (tertiary/aromatic N) is 1. The van der Waals surface area contributed by atoms with Gasteiger partial charge >= 0.3 is 113 Å². The van der Waals surface area contributed by atoms with Gasteiger partial charge in [-0.15, -0.1) is 0 Å². The topological polar surface area (TPSA) is 22.1 Å². The van der Waals surface area contributed by atoms with Gasteiger partial charge in [0, 0.05) is 0 Å². The molecule has 0 bridgehead atoms. The Bertz CT molecular complexity index is 505. The fourth-order valence-electron chi connectivity index (χ4n) is 1.65. The maximum absolute atomic E-state index is 5.82. The van der Waals surface area contributed by atoms with E-state index in [2.05, 4.69) is 38.0 Å². The predicted octanol–water partition coefficient (Wildman–Crippen LogP) is 3.21. The van der Waals surface area contributed by atoms with Gasteiger partial charge in [-0.3, -0.25) is 0 Å². The molecule has 0 unspecified atom stereocenters. The van der Waals surface area contributed by atoms with Crippen molar-refractivity contribution in [2.45, 2.75) is 21.4 Å². The van der Waals surface area contributed by atoms with Gasteiger partial charge in [-0.2, -0.15) is 0 Å². The summed E-state index contributed by atoms with van der Waals surface area (Å²) in [6.45, 7) is 0.615. The summed E-state index contributed by atoms with van der Waals surface area (Å²) in [5.41, 5.74) is 1.19. The summed E-state index contributed by atoms with van der Waals surface area (Å²) in [7, 11) is 0. The molecule has 0 radical (unpaired) electrons. The number of aromatic nitrogens is 1. The van der Waals surface area contributed by atoms with Gasteiger partial charge in [0.2, 0.25) is 0 Å². The van der Waals surface area contributed by atoms with Crippen LogP contribution in [0.4, 0.5) is 0 Å². The third kappa shape index (κ3) is 3.73. The summed E-state index contributed by atoms with van der Waals surface area (Å²) in [5.74, 6) is 0.926. The van der Waals surface area contributed by atoms with Crippen LogP contribution in [0.3, 0.4) is 0 Å². The van der Waals surface area contributed by atoms with Crippen LogP contribution in [0.1, 0.15) is 5.56 Å². The molecular formula is C15H19NOSn. The molecule has 0 fully saturated rings. The van der Waals surface area contributed by atoms with Gasteiger partial charge in [0.15, 0.2) is 0 Å². The Labute approximate surface area is 113 Å². The van der Waals surface area contributed by atoms with Gasteiger partial charge in [-0.05, 0) is 0 Å². The molecule has 0 aliphatic carbocycles. The van der Waals surface area contributed by atoms with E-state index in [4.69, 9.17) is 4.74 Å². The van der Waals surface area contributed by atoms with Crippen molar-refractivity contribution >= 4 is 22.1 Å². The van der Waals surface area contributed by atoms with E-state index >= 15 is 0 Å². The molecule has 18 heavy (non-hydrogen) atoms. The Balaban J connectivity index is 2.06. The monoisotopic (exact) mass is 349 g/mol.